The molecule has 0 saturated carbocycles. The highest BCUT2D eigenvalue weighted by Gasteiger charge is 2.07. The summed E-state index contributed by atoms with van der Waals surface area (Å²) >= 11 is 3.30. The van der Waals surface area contributed by atoms with E-state index in [9.17, 15) is 4.79 Å². The second-order valence-corrected chi connectivity index (χ2v) is 4.81. The van der Waals surface area contributed by atoms with Gasteiger partial charge in [-0.15, -0.1) is 0 Å². The molecule has 7 heteroatoms. The normalized spacial score (nSPS) is 10.7. The van der Waals surface area contributed by atoms with Crippen molar-refractivity contribution in [1.29, 1.82) is 0 Å². The van der Waals surface area contributed by atoms with E-state index >= 15 is 0 Å². The molecule has 1 heterocycles. The summed E-state index contributed by atoms with van der Waals surface area (Å²) in [5.41, 5.74) is 0.565. The predicted molar refractivity (Wildman–Crippen MR) is 77.7 cm³/mol. The van der Waals surface area contributed by atoms with E-state index < -0.39 is 0 Å². The van der Waals surface area contributed by atoms with Crippen LogP contribution in [0.15, 0.2) is 15.5 Å². The van der Waals surface area contributed by atoms with Crippen molar-refractivity contribution in [2.24, 2.45) is 0 Å². The third kappa shape index (κ3) is 5.30. The van der Waals surface area contributed by atoms with Gasteiger partial charge in [0.2, 0.25) is 0 Å². The maximum absolute atomic E-state index is 12.0. The Morgan fingerprint density at radius 3 is 2.74 bits per heavy atom. The van der Waals surface area contributed by atoms with Gasteiger partial charge >= 0.3 is 0 Å². The first-order valence-corrected chi connectivity index (χ1v) is 6.97. The van der Waals surface area contributed by atoms with Gasteiger partial charge < -0.3 is 14.8 Å². The Morgan fingerprint density at radius 1 is 1.32 bits per heavy atom. The summed E-state index contributed by atoms with van der Waals surface area (Å²) in [6, 6.07) is 0. The molecule has 0 aliphatic rings. The Bertz CT molecular complexity index is 437. The van der Waals surface area contributed by atoms with Gasteiger partial charge in [-0.3, -0.25) is 4.79 Å². The van der Waals surface area contributed by atoms with Gasteiger partial charge in [-0.05, 0) is 28.8 Å². The van der Waals surface area contributed by atoms with E-state index in [2.05, 4.69) is 26.3 Å². The molecule has 1 rings (SSSR count). The van der Waals surface area contributed by atoms with E-state index in [1.807, 2.05) is 0 Å². The molecule has 0 unspecified atom stereocenters. The summed E-state index contributed by atoms with van der Waals surface area (Å²) in [5, 5.41) is 7.29. The highest BCUT2D eigenvalue weighted by Crippen LogP contribution is 2.15. The van der Waals surface area contributed by atoms with Crippen LogP contribution in [0.5, 0.6) is 0 Å². The highest BCUT2D eigenvalue weighted by atomic mass is 79.9. The van der Waals surface area contributed by atoms with E-state index in [0.717, 1.165) is 31.7 Å². The quantitative estimate of drug-likeness (QED) is 0.693. The molecule has 0 aliphatic heterocycles. The number of nitrogens with one attached hydrogen (secondary N) is 1. The minimum atomic E-state index is -0.154. The molecule has 0 amide bonds. The second kappa shape index (κ2) is 9.06. The fraction of sp³-hybridized carbons (Fsp3) is 0.667. The zero-order chi connectivity index (χ0) is 14.1. The molecule has 0 aromatic carbocycles. The predicted octanol–water partition coefficient (Wildman–Crippen LogP) is 1.49. The number of nitrogens with zero attached hydrogens (tertiary/aromatic N) is 2. The van der Waals surface area contributed by atoms with Gasteiger partial charge in [0.15, 0.2) is 0 Å². The fourth-order valence-corrected chi connectivity index (χ4v) is 1.97. The van der Waals surface area contributed by atoms with Crippen LogP contribution >= 0.6 is 15.9 Å². The number of rotatable bonds is 9. The number of ether oxygens (including phenoxy) is 2. The first-order chi connectivity index (χ1) is 9.20. The van der Waals surface area contributed by atoms with E-state index in [1.54, 1.807) is 20.4 Å². The van der Waals surface area contributed by atoms with Crippen LogP contribution in [0.1, 0.15) is 12.8 Å². The lowest BCUT2D eigenvalue weighted by Gasteiger charge is -2.10. The van der Waals surface area contributed by atoms with Crippen molar-refractivity contribution >= 4 is 21.6 Å². The number of unbranched alkanes of at least 4 members (excludes halogenated alkanes) is 1. The zero-order valence-electron chi connectivity index (χ0n) is 11.3. The number of hydrogen-bond acceptors (Lipinski definition) is 5. The number of methoxy groups -OCH3 is 2. The van der Waals surface area contributed by atoms with Crippen LogP contribution in [0.3, 0.4) is 0 Å². The summed E-state index contributed by atoms with van der Waals surface area (Å²) in [5.74, 6) is 0. The lowest BCUT2D eigenvalue weighted by atomic mass is 10.3. The topological polar surface area (TPSA) is 65.4 Å². The number of hydrogen-bond donors (Lipinski definition) is 1. The molecular formula is C12H20BrN3O3. The number of halogens is 1. The Labute approximate surface area is 121 Å². The van der Waals surface area contributed by atoms with E-state index in [-0.39, 0.29) is 5.56 Å². The monoisotopic (exact) mass is 333 g/mol. The zero-order valence-corrected chi connectivity index (χ0v) is 12.9. The number of anilines is 1. The van der Waals surface area contributed by atoms with Crippen LogP contribution in [0.2, 0.25) is 0 Å². The molecule has 1 N–H and O–H groups in total. The molecule has 0 aliphatic carbocycles. The molecule has 1 aromatic heterocycles. The van der Waals surface area contributed by atoms with Crippen LogP contribution in [0.4, 0.5) is 5.69 Å². The fourth-order valence-electron chi connectivity index (χ4n) is 1.52. The minimum absolute atomic E-state index is 0.154. The van der Waals surface area contributed by atoms with Crippen molar-refractivity contribution in [1.82, 2.24) is 9.78 Å². The van der Waals surface area contributed by atoms with Gasteiger partial charge in [0.25, 0.3) is 5.56 Å². The van der Waals surface area contributed by atoms with Gasteiger partial charge in [-0.25, -0.2) is 4.68 Å². The largest absolute Gasteiger partial charge is 0.385 e. The third-order valence-corrected chi connectivity index (χ3v) is 3.35. The average molecular weight is 334 g/mol. The lowest BCUT2D eigenvalue weighted by Crippen LogP contribution is -2.26. The maximum Gasteiger partial charge on any atom is 0.283 e. The summed E-state index contributed by atoms with van der Waals surface area (Å²) in [7, 11) is 3.28. The number of aromatic nitrogens is 2. The molecule has 0 fully saturated rings. The van der Waals surface area contributed by atoms with Crippen LogP contribution in [0, 0.1) is 0 Å². The van der Waals surface area contributed by atoms with Gasteiger partial charge in [-0.2, -0.15) is 5.10 Å². The Hall–Kier alpha value is -0.920. The minimum Gasteiger partial charge on any atom is -0.385 e. The van der Waals surface area contributed by atoms with Crippen molar-refractivity contribution in [3.05, 3.63) is 21.0 Å². The third-order valence-electron chi connectivity index (χ3n) is 2.58. The van der Waals surface area contributed by atoms with Crippen molar-refractivity contribution < 1.29 is 9.47 Å². The van der Waals surface area contributed by atoms with Crippen molar-refractivity contribution in [3.63, 3.8) is 0 Å². The molecule has 0 atom stereocenters. The van der Waals surface area contributed by atoms with E-state index in [1.165, 1.54) is 4.68 Å². The van der Waals surface area contributed by atoms with E-state index in [4.69, 9.17) is 9.47 Å². The molecule has 0 saturated heterocycles. The first-order valence-electron chi connectivity index (χ1n) is 6.18. The SMILES string of the molecule is COCCCCNc1cnn(CCOC)c(=O)c1Br. The van der Waals surface area contributed by atoms with Crippen LogP contribution in [0.25, 0.3) is 0 Å². The molecule has 0 bridgehead atoms. The Morgan fingerprint density at radius 2 is 2.05 bits per heavy atom. The molecule has 0 radical (unpaired) electrons. The maximum atomic E-state index is 12.0. The van der Waals surface area contributed by atoms with Crippen molar-refractivity contribution in [3.8, 4) is 0 Å². The second-order valence-electron chi connectivity index (χ2n) is 4.02. The summed E-state index contributed by atoms with van der Waals surface area (Å²) in [6.45, 7) is 2.44. The molecule has 19 heavy (non-hydrogen) atoms. The van der Waals surface area contributed by atoms with Crippen LogP contribution < -0.4 is 10.9 Å². The standard InChI is InChI=1S/C12H20BrN3O3/c1-18-7-4-3-5-14-10-9-15-16(6-8-19-2)12(17)11(10)13/h9,14H,3-8H2,1-2H3. The van der Waals surface area contributed by atoms with Crippen LogP contribution in [-0.4, -0.2) is 43.8 Å². The molecule has 6 nitrogen and oxygen atoms in total. The first kappa shape index (κ1) is 16.1. The Balaban J connectivity index is 2.56. The molecule has 1 aromatic rings. The lowest BCUT2D eigenvalue weighted by molar-refractivity contribution is 0.181. The van der Waals surface area contributed by atoms with Gasteiger partial charge in [0, 0.05) is 27.4 Å². The van der Waals surface area contributed by atoms with Gasteiger partial charge in [0.05, 0.1) is 25.0 Å². The van der Waals surface area contributed by atoms with Crippen molar-refractivity contribution in [2.75, 3.05) is 39.3 Å². The molecular weight excluding hydrogens is 314 g/mol. The summed E-state index contributed by atoms with van der Waals surface area (Å²) in [4.78, 5) is 12.0. The average Bonchev–Trinajstić information content (AvgIpc) is 2.42. The summed E-state index contributed by atoms with van der Waals surface area (Å²) < 4.78 is 11.8. The smallest absolute Gasteiger partial charge is 0.283 e. The highest BCUT2D eigenvalue weighted by molar-refractivity contribution is 9.10. The molecule has 0 spiro atoms. The van der Waals surface area contributed by atoms with Crippen LogP contribution in [-0.2, 0) is 16.0 Å². The van der Waals surface area contributed by atoms with Crippen molar-refractivity contribution in [2.45, 2.75) is 19.4 Å². The Kier molecular flexibility index (Phi) is 7.69. The van der Waals surface area contributed by atoms with Gasteiger partial charge in [-0.1, -0.05) is 0 Å². The summed E-state index contributed by atoms with van der Waals surface area (Å²) in [6.07, 6.45) is 3.62. The van der Waals surface area contributed by atoms with Gasteiger partial charge in [0.1, 0.15) is 4.47 Å². The molecule has 108 valence electrons. The van der Waals surface area contributed by atoms with E-state index in [0.29, 0.717) is 17.6 Å².